The highest BCUT2D eigenvalue weighted by Gasteiger charge is 2.36. The molecule has 38 heavy (non-hydrogen) atoms. The van der Waals surface area contributed by atoms with E-state index >= 15 is 0 Å². The number of hydrogen-bond donors (Lipinski definition) is 0. The van der Waals surface area contributed by atoms with Crippen molar-refractivity contribution in [3.8, 4) is 17.3 Å². The smallest absolute Gasteiger partial charge is 0.151 e. The molecule has 1 aromatic heterocycles. The van der Waals surface area contributed by atoms with E-state index in [2.05, 4.69) is 88.8 Å². The normalized spacial score (nSPS) is 15.6. The van der Waals surface area contributed by atoms with Crippen molar-refractivity contribution in [2.75, 3.05) is 33.2 Å². The Morgan fingerprint density at radius 3 is 2.21 bits per heavy atom. The fourth-order valence-electron chi connectivity index (χ4n) is 5.08. The van der Waals surface area contributed by atoms with E-state index in [-0.39, 0.29) is 5.41 Å². The molecule has 1 aliphatic rings. The third kappa shape index (κ3) is 6.28. The summed E-state index contributed by atoms with van der Waals surface area (Å²) >= 11 is 0. The molecule has 0 amide bonds. The number of benzene rings is 3. The van der Waals surface area contributed by atoms with E-state index in [4.69, 9.17) is 4.52 Å². The summed E-state index contributed by atoms with van der Waals surface area (Å²) in [5, 5.41) is 14.2. The van der Waals surface area contributed by atoms with E-state index < -0.39 is 0 Å². The van der Waals surface area contributed by atoms with Crippen LogP contribution in [0.25, 0.3) is 23.4 Å². The van der Waals surface area contributed by atoms with Crippen LogP contribution in [0.4, 0.5) is 0 Å². The van der Waals surface area contributed by atoms with Gasteiger partial charge in [-0.15, -0.1) is 0 Å². The molecule has 5 rings (SSSR count). The molecular formula is C33H34N4O. The SMILES string of the molecule is CN(CCN1CCC(C#N)(c2ccccc2)CC1)Cc1cc(-c2ccc(C=Cc3ccccc3)cc2)no1. The van der Waals surface area contributed by atoms with Gasteiger partial charge in [-0.25, -0.2) is 0 Å². The van der Waals surface area contributed by atoms with Crippen molar-refractivity contribution in [1.82, 2.24) is 15.0 Å². The van der Waals surface area contributed by atoms with Gasteiger partial charge in [0.25, 0.3) is 0 Å². The Labute approximate surface area is 225 Å². The van der Waals surface area contributed by atoms with Crippen LogP contribution in [-0.4, -0.2) is 48.2 Å². The number of nitrogens with zero attached hydrogens (tertiary/aromatic N) is 4. The molecule has 0 atom stereocenters. The molecule has 5 heteroatoms. The standard InChI is InChI=1S/C33H34N4O/c1-36(22-23-37-20-18-33(26-34,19-21-37)30-10-6-3-7-11-30)25-31-24-32(35-38-31)29-16-14-28(15-17-29)13-12-27-8-4-2-5-9-27/h2-17,24H,18-23,25H2,1H3. The van der Waals surface area contributed by atoms with Gasteiger partial charge in [-0.1, -0.05) is 102 Å². The second-order valence-corrected chi connectivity index (χ2v) is 10.2. The summed E-state index contributed by atoms with van der Waals surface area (Å²) in [6, 6.07) is 33.6. The molecule has 0 N–H and O–H groups in total. The zero-order chi connectivity index (χ0) is 26.2. The number of hydrogen-bond acceptors (Lipinski definition) is 5. The van der Waals surface area contributed by atoms with Crippen LogP contribution in [0.1, 0.15) is 35.3 Å². The van der Waals surface area contributed by atoms with Crippen LogP contribution in [0.2, 0.25) is 0 Å². The summed E-state index contributed by atoms with van der Waals surface area (Å²) in [4.78, 5) is 4.74. The summed E-state index contributed by atoms with van der Waals surface area (Å²) in [6.07, 6.45) is 5.99. The number of piperidine rings is 1. The lowest BCUT2D eigenvalue weighted by Gasteiger charge is -2.38. The fourth-order valence-corrected chi connectivity index (χ4v) is 5.08. The van der Waals surface area contributed by atoms with E-state index in [1.807, 2.05) is 42.5 Å². The number of nitriles is 1. The van der Waals surface area contributed by atoms with Gasteiger partial charge in [-0.3, -0.25) is 4.90 Å². The summed E-state index contributed by atoms with van der Waals surface area (Å²) in [7, 11) is 2.11. The van der Waals surface area contributed by atoms with Gasteiger partial charge < -0.3 is 9.42 Å². The van der Waals surface area contributed by atoms with Crippen LogP contribution in [0.15, 0.2) is 95.5 Å². The molecule has 1 fully saturated rings. The van der Waals surface area contributed by atoms with Crippen molar-refractivity contribution in [1.29, 1.82) is 5.26 Å². The quantitative estimate of drug-likeness (QED) is 0.245. The Balaban J connectivity index is 1.09. The van der Waals surface area contributed by atoms with Gasteiger partial charge in [-0.2, -0.15) is 5.26 Å². The molecule has 192 valence electrons. The molecule has 3 aromatic carbocycles. The van der Waals surface area contributed by atoms with Gasteiger partial charge in [0.1, 0.15) is 5.69 Å². The van der Waals surface area contributed by atoms with Gasteiger partial charge >= 0.3 is 0 Å². The summed E-state index contributed by atoms with van der Waals surface area (Å²) in [5.41, 5.74) is 5.04. The highest BCUT2D eigenvalue weighted by molar-refractivity contribution is 5.71. The van der Waals surface area contributed by atoms with Crippen LogP contribution < -0.4 is 0 Å². The Hall–Kier alpha value is -3.98. The van der Waals surface area contributed by atoms with Gasteiger partial charge in [0.2, 0.25) is 0 Å². The van der Waals surface area contributed by atoms with Crippen molar-refractivity contribution < 1.29 is 4.52 Å². The Morgan fingerprint density at radius 2 is 1.55 bits per heavy atom. The molecule has 4 aromatic rings. The molecule has 0 bridgehead atoms. The zero-order valence-corrected chi connectivity index (χ0v) is 22.0. The molecule has 1 aliphatic heterocycles. The largest absolute Gasteiger partial charge is 0.359 e. The second-order valence-electron chi connectivity index (χ2n) is 10.2. The third-order valence-corrected chi connectivity index (χ3v) is 7.51. The predicted molar refractivity (Wildman–Crippen MR) is 153 cm³/mol. The van der Waals surface area contributed by atoms with Crippen molar-refractivity contribution in [3.05, 3.63) is 113 Å². The van der Waals surface area contributed by atoms with Crippen LogP contribution in [-0.2, 0) is 12.0 Å². The van der Waals surface area contributed by atoms with Crippen LogP contribution in [0, 0.1) is 11.3 Å². The molecule has 1 saturated heterocycles. The fraction of sp³-hybridized carbons (Fsp3) is 0.273. The summed E-state index contributed by atoms with van der Waals surface area (Å²) in [6.45, 7) is 4.51. The van der Waals surface area contributed by atoms with E-state index in [0.29, 0.717) is 6.54 Å². The molecule has 5 nitrogen and oxygen atoms in total. The number of likely N-dealkylation sites (tertiary alicyclic amines) is 1. The average molecular weight is 503 g/mol. The Kier molecular flexibility index (Phi) is 8.13. The zero-order valence-electron chi connectivity index (χ0n) is 22.0. The topological polar surface area (TPSA) is 56.3 Å². The predicted octanol–water partition coefficient (Wildman–Crippen LogP) is 6.50. The first kappa shape index (κ1) is 25.7. The first-order valence-corrected chi connectivity index (χ1v) is 13.3. The number of rotatable bonds is 9. The van der Waals surface area contributed by atoms with Gasteiger partial charge in [0.15, 0.2) is 5.76 Å². The molecule has 2 heterocycles. The molecule has 0 aliphatic carbocycles. The maximum Gasteiger partial charge on any atom is 0.151 e. The van der Waals surface area contributed by atoms with Crippen molar-refractivity contribution >= 4 is 12.2 Å². The lowest BCUT2D eigenvalue weighted by Crippen LogP contribution is -2.44. The minimum absolute atomic E-state index is 0.351. The van der Waals surface area contributed by atoms with Crippen LogP contribution in [0.3, 0.4) is 0 Å². The average Bonchev–Trinajstić information content (AvgIpc) is 3.45. The van der Waals surface area contributed by atoms with Crippen molar-refractivity contribution in [2.24, 2.45) is 0 Å². The molecule has 0 radical (unpaired) electrons. The monoisotopic (exact) mass is 502 g/mol. The summed E-state index contributed by atoms with van der Waals surface area (Å²) in [5.74, 6) is 0.863. The van der Waals surface area contributed by atoms with Gasteiger partial charge in [0, 0.05) is 37.8 Å². The maximum absolute atomic E-state index is 9.93. The van der Waals surface area contributed by atoms with E-state index in [1.54, 1.807) is 0 Å². The molecule has 0 spiro atoms. The molecule has 0 saturated carbocycles. The lowest BCUT2D eigenvalue weighted by molar-refractivity contribution is 0.160. The Bertz CT molecular complexity index is 1360. The van der Waals surface area contributed by atoms with Crippen LogP contribution >= 0.6 is 0 Å². The van der Waals surface area contributed by atoms with E-state index in [0.717, 1.165) is 67.2 Å². The lowest BCUT2D eigenvalue weighted by atomic mass is 9.74. The molecule has 0 unspecified atom stereocenters. The second kappa shape index (κ2) is 12.0. The highest BCUT2D eigenvalue weighted by atomic mass is 16.5. The summed E-state index contributed by atoms with van der Waals surface area (Å²) < 4.78 is 5.65. The van der Waals surface area contributed by atoms with Crippen molar-refractivity contribution in [3.63, 3.8) is 0 Å². The number of aromatic nitrogens is 1. The number of likely N-dealkylation sites (N-methyl/N-ethyl adjacent to an activating group) is 1. The first-order chi connectivity index (χ1) is 18.6. The first-order valence-electron chi connectivity index (χ1n) is 13.3. The van der Waals surface area contributed by atoms with Crippen LogP contribution in [0.5, 0.6) is 0 Å². The third-order valence-electron chi connectivity index (χ3n) is 7.51. The molecular weight excluding hydrogens is 468 g/mol. The van der Waals surface area contributed by atoms with E-state index in [1.165, 1.54) is 5.56 Å². The van der Waals surface area contributed by atoms with Gasteiger partial charge in [0.05, 0.1) is 18.0 Å². The van der Waals surface area contributed by atoms with Crippen molar-refractivity contribution in [2.45, 2.75) is 24.8 Å². The highest BCUT2D eigenvalue weighted by Crippen LogP contribution is 2.34. The van der Waals surface area contributed by atoms with Gasteiger partial charge in [-0.05, 0) is 36.6 Å². The maximum atomic E-state index is 9.93. The Morgan fingerprint density at radius 1 is 0.921 bits per heavy atom. The minimum atomic E-state index is -0.351. The minimum Gasteiger partial charge on any atom is -0.359 e. The van der Waals surface area contributed by atoms with E-state index in [9.17, 15) is 5.26 Å².